The predicted octanol–water partition coefficient (Wildman–Crippen LogP) is 3.36. The minimum Gasteiger partial charge on any atom is -0.393 e. The first kappa shape index (κ1) is 14.4. The fraction of sp³-hybridized carbons (Fsp3) is 0.438. The SMILES string of the molecule is Nc1nsc(NCC2CCCC(O)C2)c1-c1ccccc1. The maximum Gasteiger partial charge on any atom is 0.147 e. The third-order valence-electron chi connectivity index (χ3n) is 4.09. The molecule has 21 heavy (non-hydrogen) atoms. The molecule has 112 valence electrons. The molecule has 1 aliphatic carbocycles. The highest BCUT2D eigenvalue weighted by Crippen LogP contribution is 2.37. The fourth-order valence-corrected chi connectivity index (χ4v) is 3.73. The van der Waals surface area contributed by atoms with Crippen LogP contribution in [0.5, 0.6) is 0 Å². The fourth-order valence-electron chi connectivity index (χ4n) is 2.99. The van der Waals surface area contributed by atoms with Crippen LogP contribution in [0, 0.1) is 5.92 Å². The van der Waals surface area contributed by atoms with Crippen molar-refractivity contribution in [2.45, 2.75) is 31.8 Å². The average molecular weight is 303 g/mol. The highest BCUT2D eigenvalue weighted by molar-refractivity contribution is 7.11. The van der Waals surface area contributed by atoms with Gasteiger partial charge in [-0.3, -0.25) is 0 Å². The van der Waals surface area contributed by atoms with Gasteiger partial charge in [-0.05, 0) is 42.3 Å². The van der Waals surface area contributed by atoms with E-state index in [1.165, 1.54) is 18.0 Å². The number of nitrogens with one attached hydrogen (secondary N) is 1. The lowest BCUT2D eigenvalue weighted by molar-refractivity contribution is 0.105. The van der Waals surface area contributed by atoms with Crippen molar-refractivity contribution >= 4 is 22.4 Å². The summed E-state index contributed by atoms with van der Waals surface area (Å²) >= 11 is 1.41. The van der Waals surface area contributed by atoms with Gasteiger partial charge in [0.15, 0.2) is 0 Å². The van der Waals surface area contributed by atoms with Crippen molar-refractivity contribution in [1.29, 1.82) is 0 Å². The van der Waals surface area contributed by atoms with Gasteiger partial charge < -0.3 is 16.2 Å². The van der Waals surface area contributed by atoms with Gasteiger partial charge in [-0.25, -0.2) is 0 Å². The molecule has 0 spiro atoms. The Labute approximate surface area is 129 Å². The van der Waals surface area contributed by atoms with Gasteiger partial charge in [0.2, 0.25) is 0 Å². The zero-order chi connectivity index (χ0) is 14.7. The summed E-state index contributed by atoms with van der Waals surface area (Å²) in [6, 6.07) is 10.1. The Hall–Kier alpha value is -1.59. The van der Waals surface area contributed by atoms with Crippen LogP contribution in [0.4, 0.5) is 10.8 Å². The summed E-state index contributed by atoms with van der Waals surface area (Å²) in [6.07, 6.45) is 4.00. The summed E-state index contributed by atoms with van der Waals surface area (Å²) < 4.78 is 4.28. The lowest BCUT2D eigenvalue weighted by Gasteiger charge is -2.26. The molecule has 0 radical (unpaired) electrons. The van der Waals surface area contributed by atoms with Gasteiger partial charge >= 0.3 is 0 Å². The lowest BCUT2D eigenvalue weighted by Crippen LogP contribution is -2.24. The molecule has 5 heteroatoms. The van der Waals surface area contributed by atoms with Gasteiger partial charge in [0.05, 0.1) is 11.7 Å². The number of anilines is 2. The molecule has 4 N–H and O–H groups in total. The minimum absolute atomic E-state index is 0.134. The molecule has 1 heterocycles. The van der Waals surface area contributed by atoms with Gasteiger partial charge in [-0.15, -0.1) is 0 Å². The Bertz CT molecular complexity index is 584. The maximum absolute atomic E-state index is 9.76. The third-order valence-corrected chi connectivity index (χ3v) is 4.91. The second kappa shape index (κ2) is 6.45. The summed E-state index contributed by atoms with van der Waals surface area (Å²) in [6.45, 7) is 0.874. The summed E-state index contributed by atoms with van der Waals surface area (Å²) in [5, 5.41) is 14.3. The van der Waals surface area contributed by atoms with Crippen LogP contribution < -0.4 is 11.1 Å². The van der Waals surface area contributed by atoms with Crippen LogP contribution in [0.15, 0.2) is 30.3 Å². The summed E-state index contributed by atoms with van der Waals surface area (Å²) in [5.74, 6) is 1.11. The second-order valence-corrected chi connectivity index (χ2v) is 6.48. The Morgan fingerprint density at radius 1 is 1.29 bits per heavy atom. The Morgan fingerprint density at radius 3 is 2.86 bits per heavy atom. The molecule has 3 rings (SSSR count). The molecule has 0 saturated heterocycles. The van der Waals surface area contributed by atoms with Crippen LogP contribution >= 0.6 is 11.5 Å². The number of aromatic nitrogens is 1. The molecule has 2 aromatic rings. The number of benzene rings is 1. The number of nitrogen functional groups attached to an aromatic ring is 1. The first-order valence-corrected chi connectivity index (χ1v) is 8.24. The molecule has 0 aliphatic heterocycles. The van der Waals surface area contributed by atoms with E-state index in [-0.39, 0.29) is 6.10 Å². The summed E-state index contributed by atoms with van der Waals surface area (Å²) in [5.41, 5.74) is 8.11. The van der Waals surface area contributed by atoms with Crippen molar-refractivity contribution < 1.29 is 5.11 Å². The minimum atomic E-state index is -0.134. The van der Waals surface area contributed by atoms with E-state index in [4.69, 9.17) is 5.73 Å². The number of rotatable bonds is 4. The van der Waals surface area contributed by atoms with Gasteiger partial charge in [0, 0.05) is 6.54 Å². The number of aliphatic hydroxyl groups excluding tert-OH is 1. The molecule has 0 bridgehead atoms. The van der Waals surface area contributed by atoms with Crippen molar-refractivity contribution in [3.8, 4) is 11.1 Å². The summed E-state index contributed by atoms with van der Waals surface area (Å²) in [4.78, 5) is 0. The largest absolute Gasteiger partial charge is 0.393 e. The highest BCUT2D eigenvalue weighted by Gasteiger charge is 2.21. The van der Waals surface area contributed by atoms with Gasteiger partial charge in [-0.1, -0.05) is 36.8 Å². The molecule has 4 nitrogen and oxygen atoms in total. The second-order valence-electron chi connectivity index (χ2n) is 5.71. The molecule has 1 aromatic heterocycles. The lowest BCUT2D eigenvalue weighted by atomic mass is 9.87. The first-order valence-electron chi connectivity index (χ1n) is 7.46. The standard InChI is InChI=1S/C16H21N3OS/c17-15-14(12-6-2-1-3-7-12)16(21-19-15)18-10-11-5-4-8-13(20)9-11/h1-3,6-7,11,13,18,20H,4-5,8-10H2,(H2,17,19). The van der Waals surface area contributed by atoms with E-state index in [1.54, 1.807) is 0 Å². The predicted molar refractivity (Wildman–Crippen MR) is 88.4 cm³/mol. The van der Waals surface area contributed by atoms with Crippen LogP contribution in [0.25, 0.3) is 11.1 Å². The quantitative estimate of drug-likeness (QED) is 0.810. The van der Waals surface area contributed by atoms with Crippen LogP contribution in [-0.2, 0) is 0 Å². The van der Waals surface area contributed by atoms with Crippen molar-refractivity contribution in [3.05, 3.63) is 30.3 Å². The van der Waals surface area contributed by atoms with Crippen LogP contribution in [0.1, 0.15) is 25.7 Å². The molecule has 1 fully saturated rings. The van der Waals surface area contributed by atoms with E-state index in [2.05, 4.69) is 21.8 Å². The smallest absolute Gasteiger partial charge is 0.147 e. The number of nitrogens with zero attached hydrogens (tertiary/aromatic N) is 1. The molecule has 2 unspecified atom stereocenters. The monoisotopic (exact) mass is 303 g/mol. The van der Waals surface area contributed by atoms with E-state index in [0.717, 1.165) is 41.9 Å². The van der Waals surface area contributed by atoms with E-state index in [9.17, 15) is 5.11 Å². The number of hydrogen-bond acceptors (Lipinski definition) is 5. The Balaban J connectivity index is 1.72. The van der Waals surface area contributed by atoms with Gasteiger partial charge in [-0.2, -0.15) is 4.37 Å². The van der Waals surface area contributed by atoms with Gasteiger partial charge in [0.25, 0.3) is 0 Å². The molecule has 1 saturated carbocycles. The molecule has 1 aliphatic rings. The van der Waals surface area contributed by atoms with Crippen molar-refractivity contribution in [3.63, 3.8) is 0 Å². The van der Waals surface area contributed by atoms with Crippen LogP contribution in [0.2, 0.25) is 0 Å². The molecular weight excluding hydrogens is 282 g/mol. The van der Waals surface area contributed by atoms with E-state index < -0.39 is 0 Å². The van der Waals surface area contributed by atoms with Crippen molar-refractivity contribution in [2.24, 2.45) is 5.92 Å². The van der Waals surface area contributed by atoms with Crippen molar-refractivity contribution in [2.75, 3.05) is 17.6 Å². The molecular formula is C16H21N3OS. The maximum atomic E-state index is 9.76. The number of aliphatic hydroxyl groups is 1. The molecule has 2 atom stereocenters. The van der Waals surface area contributed by atoms with Crippen LogP contribution in [-0.4, -0.2) is 22.1 Å². The molecule has 0 amide bonds. The average Bonchev–Trinajstić information content (AvgIpc) is 2.87. The summed E-state index contributed by atoms with van der Waals surface area (Å²) in [7, 11) is 0. The number of hydrogen-bond donors (Lipinski definition) is 3. The van der Waals surface area contributed by atoms with Crippen LogP contribution in [0.3, 0.4) is 0 Å². The van der Waals surface area contributed by atoms with E-state index in [1.807, 2.05) is 18.2 Å². The Kier molecular flexibility index (Phi) is 4.41. The molecule has 1 aromatic carbocycles. The normalized spacial score (nSPS) is 22.1. The van der Waals surface area contributed by atoms with E-state index in [0.29, 0.717) is 11.7 Å². The zero-order valence-electron chi connectivity index (χ0n) is 12.0. The highest BCUT2D eigenvalue weighted by atomic mass is 32.1. The first-order chi connectivity index (χ1) is 10.2. The third kappa shape index (κ3) is 3.36. The topological polar surface area (TPSA) is 71.2 Å². The van der Waals surface area contributed by atoms with E-state index >= 15 is 0 Å². The Morgan fingerprint density at radius 2 is 2.10 bits per heavy atom. The van der Waals surface area contributed by atoms with Gasteiger partial charge in [0.1, 0.15) is 10.8 Å². The number of nitrogens with two attached hydrogens (primary N) is 1. The zero-order valence-corrected chi connectivity index (χ0v) is 12.8. The van der Waals surface area contributed by atoms with Crippen molar-refractivity contribution in [1.82, 2.24) is 4.37 Å².